The number of nitrogens with one attached hydrogen (secondary N) is 2. The molecule has 0 radical (unpaired) electrons. The second-order valence-electron chi connectivity index (χ2n) is 6.53. The maximum Gasteiger partial charge on any atom is 0.337 e. The van der Waals surface area contributed by atoms with Crippen molar-refractivity contribution in [2.75, 3.05) is 19.0 Å². The molecule has 0 heterocycles. The van der Waals surface area contributed by atoms with E-state index in [1.165, 1.54) is 7.11 Å². The molecule has 0 spiro atoms. The lowest BCUT2D eigenvalue weighted by Gasteiger charge is -2.11. The maximum absolute atomic E-state index is 12.3. The van der Waals surface area contributed by atoms with Gasteiger partial charge in [-0.15, -0.1) is 0 Å². The van der Waals surface area contributed by atoms with Crippen molar-refractivity contribution in [1.29, 1.82) is 0 Å². The molecule has 28 heavy (non-hydrogen) atoms. The summed E-state index contributed by atoms with van der Waals surface area (Å²) in [4.78, 5) is 23.7. The van der Waals surface area contributed by atoms with Gasteiger partial charge in [-0.2, -0.15) is 0 Å². The Morgan fingerprint density at radius 3 is 2.18 bits per heavy atom. The topological polar surface area (TPSA) is 76.7 Å². The van der Waals surface area contributed by atoms with Crippen LogP contribution in [0, 0.1) is 5.92 Å². The van der Waals surface area contributed by atoms with Crippen LogP contribution in [0.3, 0.4) is 0 Å². The van der Waals surface area contributed by atoms with Crippen molar-refractivity contribution < 1.29 is 19.1 Å². The fraction of sp³-hybridized carbons (Fsp3) is 0.286. The van der Waals surface area contributed by atoms with E-state index < -0.39 is 5.97 Å². The molecule has 0 bridgehead atoms. The normalized spacial score (nSPS) is 10.3. The fourth-order valence-corrected chi connectivity index (χ4v) is 2.47. The molecule has 6 nitrogen and oxygen atoms in total. The number of methoxy groups -OCH3 is 1. The van der Waals surface area contributed by atoms with E-state index in [1.54, 1.807) is 48.5 Å². The molecule has 148 valence electrons. The molecule has 2 N–H and O–H groups in total. The van der Waals surface area contributed by atoms with Gasteiger partial charge in [0, 0.05) is 11.3 Å². The van der Waals surface area contributed by atoms with E-state index in [9.17, 15) is 9.59 Å². The van der Waals surface area contributed by atoms with Gasteiger partial charge in [-0.3, -0.25) is 10.1 Å². The molecule has 2 aromatic rings. The molecular weight excluding hydrogens is 376 g/mol. The zero-order chi connectivity index (χ0) is 20.5. The summed E-state index contributed by atoms with van der Waals surface area (Å²) in [5.74, 6) is 0.565. The van der Waals surface area contributed by atoms with Crippen LogP contribution in [0.1, 0.15) is 41.0 Å². The van der Waals surface area contributed by atoms with Crippen LogP contribution in [0.25, 0.3) is 0 Å². The summed E-state index contributed by atoms with van der Waals surface area (Å²) in [6, 6.07) is 13.5. The molecule has 0 fully saturated rings. The van der Waals surface area contributed by atoms with E-state index in [1.807, 2.05) is 0 Å². The Kier molecular flexibility index (Phi) is 7.95. The number of amides is 1. The minimum absolute atomic E-state index is 0.160. The summed E-state index contributed by atoms with van der Waals surface area (Å²) in [5, 5.41) is 5.68. The number of benzene rings is 2. The van der Waals surface area contributed by atoms with E-state index in [4.69, 9.17) is 17.0 Å². The third-order valence-corrected chi connectivity index (χ3v) is 4.08. The van der Waals surface area contributed by atoms with Gasteiger partial charge in [0.05, 0.1) is 19.3 Å². The van der Waals surface area contributed by atoms with E-state index in [-0.39, 0.29) is 11.0 Å². The molecule has 0 saturated carbocycles. The molecule has 1 amide bonds. The summed E-state index contributed by atoms with van der Waals surface area (Å²) in [7, 11) is 1.32. The molecule has 2 aromatic carbocycles. The molecular formula is C21H24N2O4S. The van der Waals surface area contributed by atoms with Gasteiger partial charge in [0.1, 0.15) is 5.75 Å². The third-order valence-electron chi connectivity index (χ3n) is 3.87. The third kappa shape index (κ3) is 6.66. The van der Waals surface area contributed by atoms with Crippen molar-refractivity contribution >= 4 is 34.9 Å². The van der Waals surface area contributed by atoms with E-state index in [2.05, 4.69) is 29.2 Å². The zero-order valence-corrected chi connectivity index (χ0v) is 17.0. The Bertz CT molecular complexity index is 817. The Balaban J connectivity index is 1.86. The number of esters is 1. The number of rotatable bonds is 7. The standard InChI is InChI=1S/C21H24N2O4S/c1-14(2)12-13-27-18-10-6-15(7-11-18)19(24)23-21(28)22-17-8-4-16(5-9-17)20(25)26-3/h4-11,14H,12-13H2,1-3H3,(H2,22,23,24,28). The van der Waals surface area contributed by atoms with Gasteiger partial charge in [0.15, 0.2) is 5.11 Å². The largest absolute Gasteiger partial charge is 0.494 e. The van der Waals surface area contributed by atoms with E-state index in [0.29, 0.717) is 29.3 Å². The van der Waals surface area contributed by atoms with Crippen LogP contribution in [-0.2, 0) is 4.74 Å². The Morgan fingerprint density at radius 2 is 1.61 bits per heavy atom. The number of hydrogen-bond donors (Lipinski definition) is 2. The lowest BCUT2D eigenvalue weighted by atomic mass is 10.1. The van der Waals surface area contributed by atoms with Gasteiger partial charge in [-0.05, 0) is 73.1 Å². The number of carbonyl (C=O) groups excluding carboxylic acids is 2. The first-order valence-corrected chi connectivity index (χ1v) is 9.33. The highest BCUT2D eigenvalue weighted by Crippen LogP contribution is 2.14. The second-order valence-corrected chi connectivity index (χ2v) is 6.94. The first-order chi connectivity index (χ1) is 13.4. The first-order valence-electron chi connectivity index (χ1n) is 8.92. The zero-order valence-electron chi connectivity index (χ0n) is 16.2. The maximum atomic E-state index is 12.3. The minimum atomic E-state index is -0.418. The van der Waals surface area contributed by atoms with Crippen LogP contribution in [0.4, 0.5) is 5.69 Å². The van der Waals surface area contributed by atoms with Crippen molar-refractivity contribution in [2.24, 2.45) is 5.92 Å². The van der Waals surface area contributed by atoms with Crippen LogP contribution in [0.5, 0.6) is 5.75 Å². The molecule has 0 aliphatic rings. The van der Waals surface area contributed by atoms with Gasteiger partial charge in [-0.1, -0.05) is 13.8 Å². The number of anilines is 1. The average Bonchev–Trinajstić information content (AvgIpc) is 2.68. The Morgan fingerprint density at radius 1 is 1.00 bits per heavy atom. The number of hydrogen-bond acceptors (Lipinski definition) is 5. The highest BCUT2D eigenvalue weighted by atomic mass is 32.1. The van der Waals surface area contributed by atoms with Gasteiger partial charge in [-0.25, -0.2) is 4.79 Å². The molecule has 0 aliphatic carbocycles. The van der Waals surface area contributed by atoms with Crippen LogP contribution < -0.4 is 15.4 Å². The molecule has 7 heteroatoms. The predicted octanol–water partition coefficient (Wildman–Crippen LogP) is 4.02. The van der Waals surface area contributed by atoms with Gasteiger partial charge < -0.3 is 14.8 Å². The van der Waals surface area contributed by atoms with Gasteiger partial charge in [0.2, 0.25) is 0 Å². The molecule has 0 unspecified atom stereocenters. The highest BCUT2D eigenvalue weighted by molar-refractivity contribution is 7.80. The average molecular weight is 401 g/mol. The van der Waals surface area contributed by atoms with Gasteiger partial charge in [0.25, 0.3) is 5.91 Å². The summed E-state index contributed by atoms with van der Waals surface area (Å²) in [5.41, 5.74) is 1.55. The Labute approximate surface area is 170 Å². The molecule has 0 atom stereocenters. The molecule has 2 rings (SSSR count). The van der Waals surface area contributed by atoms with Crippen LogP contribution in [0.15, 0.2) is 48.5 Å². The van der Waals surface area contributed by atoms with Gasteiger partial charge >= 0.3 is 5.97 Å². The number of carbonyl (C=O) groups is 2. The lowest BCUT2D eigenvalue weighted by Crippen LogP contribution is -2.34. The first kappa shape index (κ1) is 21.4. The van der Waals surface area contributed by atoms with Crippen molar-refractivity contribution in [2.45, 2.75) is 20.3 Å². The molecule has 0 aliphatic heterocycles. The highest BCUT2D eigenvalue weighted by Gasteiger charge is 2.09. The summed E-state index contributed by atoms with van der Waals surface area (Å²) in [6.45, 7) is 4.93. The van der Waals surface area contributed by atoms with E-state index in [0.717, 1.165) is 12.2 Å². The van der Waals surface area contributed by atoms with E-state index >= 15 is 0 Å². The van der Waals surface area contributed by atoms with Crippen molar-refractivity contribution in [3.8, 4) is 5.75 Å². The second kappa shape index (κ2) is 10.4. The predicted molar refractivity (Wildman–Crippen MR) is 113 cm³/mol. The Hall–Kier alpha value is -2.93. The molecule has 0 aromatic heterocycles. The summed E-state index contributed by atoms with van der Waals surface area (Å²) >= 11 is 5.17. The van der Waals surface area contributed by atoms with Crippen LogP contribution in [-0.4, -0.2) is 30.7 Å². The summed E-state index contributed by atoms with van der Waals surface area (Å²) < 4.78 is 10.3. The van der Waals surface area contributed by atoms with Crippen molar-refractivity contribution in [3.05, 3.63) is 59.7 Å². The van der Waals surface area contributed by atoms with Crippen molar-refractivity contribution in [1.82, 2.24) is 5.32 Å². The summed E-state index contributed by atoms with van der Waals surface area (Å²) in [6.07, 6.45) is 0.975. The SMILES string of the molecule is COC(=O)c1ccc(NC(=S)NC(=O)c2ccc(OCCC(C)C)cc2)cc1. The number of ether oxygens (including phenoxy) is 2. The molecule has 0 saturated heterocycles. The minimum Gasteiger partial charge on any atom is -0.494 e. The van der Waals surface area contributed by atoms with Crippen LogP contribution in [0.2, 0.25) is 0 Å². The quantitative estimate of drug-likeness (QED) is 0.540. The van der Waals surface area contributed by atoms with Crippen LogP contribution >= 0.6 is 12.2 Å². The fourth-order valence-electron chi connectivity index (χ4n) is 2.26. The lowest BCUT2D eigenvalue weighted by molar-refractivity contribution is 0.0600. The number of thiocarbonyl (C=S) groups is 1. The smallest absolute Gasteiger partial charge is 0.337 e. The van der Waals surface area contributed by atoms with Crippen molar-refractivity contribution in [3.63, 3.8) is 0 Å². The monoisotopic (exact) mass is 400 g/mol.